The van der Waals surface area contributed by atoms with Crippen molar-refractivity contribution in [3.8, 4) is 5.88 Å². The highest BCUT2D eigenvalue weighted by Gasteiger charge is 2.31. The third-order valence-electron chi connectivity index (χ3n) is 3.10. The molecule has 0 amide bonds. The lowest BCUT2D eigenvalue weighted by atomic mass is 10.2. The summed E-state index contributed by atoms with van der Waals surface area (Å²) in [5, 5.41) is 7.13. The van der Waals surface area contributed by atoms with Crippen molar-refractivity contribution < 1.29 is 14.3 Å². The number of hydrogen-bond donors (Lipinski definition) is 1. The maximum Gasteiger partial charge on any atom is 0.323 e. The Kier molecular flexibility index (Phi) is 3.04. The molecule has 3 rings (SSSR count). The van der Waals surface area contributed by atoms with E-state index in [2.05, 4.69) is 15.4 Å². The summed E-state index contributed by atoms with van der Waals surface area (Å²) in [6.45, 7) is 0.603. The van der Waals surface area contributed by atoms with E-state index in [0.717, 1.165) is 5.65 Å². The van der Waals surface area contributed by atoms with Crippen LogP contribution in [0.25, 0.3) is 5.65 Å². The molecule has 0 bridgehead atoms. The molecule has 1 saturated heterocycles. The predicted octanol–water partition coefficient (Wildman–Crippen LogP) is 0.0116. The quantitative estimate of drug-likeness (QED) is 0.785. The number of hydrogen-bond acceptors (Lipinski definition) is 6. The lowest BCUT2D eigenvalue weighted by molar-refractivity contribution is -0.142. The molecule has 0 radical (unpaired) electrons. The zero-order valence-electron chi connectivity index (χ0n) is 10.4. The molecular weight excluding hydrogens is 248 g/mol. The molecule has 1 aliphatic rings. The Bertz CT molecular complexity index is 597. The number of nitrogens with zero attached hydrogens (tertiary/aromatic N) is 3. The van der Waals surface area contributed by atoms with Gasteiger partial charge in [0, 0.05) is 31.3 Å². The number of aromatic nitrogens is 3. The summed E-state index contributed by atoms with van der Waals surface area (Å²) in [5.74, 6) is 0.274. The van der Waals surface area contributed by atoms with Crippen LogP contribution in [0.5, 0.6) is 5.88 Å². The minimum absolute atomic E-state index is 0.0815. The summed E-state index contributed by atoms with van der Waals surface area (Å²) < 4.78 is 12.1. The molecular formula is C12H14N4O3. The fourth-order valence-electron chi connectivity index (χ4n) is 2.15. The molecule has 7 nitrogen and oxygen atoms in total. The van der Waals surface area contributed by atoms with Gasteiger partial charge in [-0.05, 0) is 0 Å². The van der Waals surface area contributed by atoms with E-state index in [0.29, 0.717) is 18.8 Å². The Morgan fingerprint density at radius 1 is 1.53 bits per heavy atom. The number of rotatable bonds is 3. The highest BCUT2D eigenvalue weighted by molar-refractivity contribution is 5.76. The standard InChI is InChI=1S/C12H14N4O3/c1-18-12(17)9-6-8(7-13-9)19-11-3-5-16-10(15-11)2-4-14-16/h2-5,8-9,13H,6-7H2,1H3. The zero-order chi connectivity index (χ0) is 13.2. The first-order valence-electron chi connectivity index (χ1n) is 6.04. The first-order chi connectivity index (χ1) is 9.26. The monoisotopic (exact) mass is 262 g/mol. The molecule has 2 aromatic rings. The van der Waals surface area contributed by atoms with E-state index in [1.807, 2.05) is 0 Å². The van der Waals surface area contributed by atoms with Crippen LogP contribution in [0.2, 0.25) is 0 Å². The average Bonchev–Trinajstić information content (AvgIpc) is 3.06. The van der Waals surface area contributed by atoms with Crippen LogP contribution in [0.3, 0.4) is 0 Å². The van der Waals surface area contributed by atoms with Gasteiger partial charge in [0.05, 0.1) is 13.3 Å². The van der Waals surface area contributed by atoms with E-state index in [9.17, 15) is 4.79 Å². The third-order valence-corrected chi connectivity index (χ3v) is 3.10. The Hall–Kier alpha value is -2.15. The van der Waals surface area contributed by atoms with Gasteiger partial charge in [-0.15, -0.1) is 0 Å². The molecule has 0 saturated carbocycles. The lowest BCUT2D eigenvalue weighted by Crippen LogP contribution is -2.31. The molecule has 2 atom stereocenters. The molecule has 1 fully saturated rings. The van der Waals surface area contributed by atoms with Crippen LogP contribution >= 0.6 is 0 Å². The molecule has 7 heteroatoms. The minimum atomic E-state index is -0.298. The lowest BCUT2D eigenvalue weighted by Gasteiger charge is -2.11. The number of methoxy groups -OCH3 is 1. The molecule has 0 aromatic carbocycles. The van der Waals surface area contributed by atoms with E-state index < -0.39 is 0 Å². The fourth-order valence-corrected chi connectivity index (χ4v) is 2.15. The second-order valence-electron chi connectivity index (χ2n) is 4.36. The fraction of sp³-hybridized carbons (Fsp3) is 0.417. The second-order valence-corrected chi connectivity index (χ2v) is 4.36. The van der Waals surface area contributed by atoms with Gasteiger partial charge in [0.1, 0.15) is 12.1 Å². The van der Waals surface area contributed by atoms with Crippen molar-refractivity contribution >= 4 is 11.6 Å². The van der Waals surface area contributed by atoms with Crippen molar-refractivity contribution in [1.29, 1.82) is 0 Å². The van der Waals surface area contributed by atoms with E-state index >= 15 is 0 Å². The van der Waals surface area contributed by atoms with Crippen molar-refractivity contribution in [2.24, 2.45) is 0 Å². The molecule has 1 aliphatic heterocycles. The molecule has 2 unspecified atom stereocenters. The Labute approximate surface area is 109 Å². The van der Waals surface area contributed by atoms with Gasteiger partial charge in [0.2, 0.25) is 5.88 Å². The Morgan fingerprint density at radius 2 is 2.42 bits per heavy atom. The Morgan fingerprint density at radius 3 is 3.26 bits per heavy atom. The maximum absolute atomic E-state index is 11.4. The van der Waals surface area contributed by atoms with Crippen LogP contribution < -0.4 is 10.1 Å². The van der Waals surface area contributed by atoms with Crippen molar-refractivity contribution in [3.63, 3.8) is 0 Å². The molecule has 2 aromatic heterocycles. The number of nitrogens with one attached hydrogen (secondary N) is 1. The molecule has 0 aliphatic carbocycles. The number of ether oxygens (including phenoxy) is 2. The van der Waals surface area contributed by atoms with E-state index in [1.165, 1.54) is 7.11 Å². The van der Waals surface area contributed by atoms with Gasteiger partial charge < -0.3 is 14.8 Å². The summed E-state index contributed by atoms with van der Waals surface area (Å²) >= 11 is 0. The first-order valence-corrected chi connectivity index (χ1v) is 6.04. The largest absolute Gasteiger partial charge is 0.473 e. The number of esters is 1. The molecule has 1 N–H and O–H groups in total. The molecule has 19 heavy (non-hydrogen) atoms. The van der Waals surface area contributed by atoms with Crippen molar-refractivity contribution in [2.75, 3.05) is 13.7 Å². The van der Waals surface area contributed by atoms with Gasteiger partial charge in [-0.25, -0.2) is 4.52 Å². The highest BCUT2D eigenvalue weighted by Crippen LogP contribution is 2.16. The number of carbonyl (C=O) groups excluding carboxylic acids is 1. The van der Waals surface area contributed by atoms with Crippen LogP contribution in [0.15, 0.2) is 24.5 Å². The van der Waals surface area contributed by atoms with Gasteiger partial charge >= 0.3 is 5.97 Å². The van der Waals surface area contributed by atoms with Crippen LogP contribution in [-0.2, 0) is 9.53 Å². The summed E-state index contributed by atoms with van der Waals surface area (Å²) in [6, 6.07) is 3.26. The first kappa shape index (κ1) is 11.9. The third kappa shape index (κ3) is 2.37. The average molecular weight is 262 g/mol. The van der Waals surface area contributed by atoms with Gasteiger partial charge in [0.15, 0.2) is 5.65 Å². The van der Waals surface area contributed by atoms with Crippen molar-refractivity contribution in [3.05, 3.63) is 24.5 Å². The van der Waals surface area contributed by atoms with Crippen LogP contribution in [0, 0.1) is 0 Å². The van der Waals surface area contributed by atoms with Crippen LogP contribution in [0.4, 0.5) is 0 Å². The second kappa shape index (κ2) is 4.85. The summed E-state index contributed by atoms with van der Waals surface area (Å²) in [6.07, 6.45) is 3.97. The predicted molar refractivity (Wildman–Crippen MR) is 65.8 cm³/mol. The SMILES string of the molecule is COC(=O)C1CC(Oc2ccn3nccc3n2)CN1. The van der Waals surface area contributed by atoms with Gasteiger partial charge in [-0.3, -0.25) is 4.79 Å². The number of carbonyl (C=O) groups is 1. The van der Waals surface area contributed by atoms with E-state index in [-0.39, 0.29) is 18.1 Å². The molecule has 100 valence electrons. The summed E-state index contributed by atoms with van der Waals surface area (Å²) in [7, 11) is 1.38. The molecule has 3 heterocycles. The smallest absolute Gasteiger partial charge is 0.323 e. The Balaban J connectivity index is 1.67. The summed E-state index contributed by atoms with van der Waals surface area (Å²) in [5.41, 5.74) is 0.730. The minimum Gasteiger partial charge on any atom is -0.473 e. The topological polar surface area (TPSA) is 77.8 Å². The maximum atomic E-state index is 11.4. The highest BCUT2D eigenvalue weighted by atomic mass is 16.5. The zero-order valence-corrected chi connectivity index (χ0v) is 10.4. The summed E-state index contributed by atoms with van der Waals surface area (Å²) in [4.78, 5) is 15.7. The van der Waals surface area contributed by atoms with Gasteiger partial charge in [0.25, 0.3) is 0 Å². The van der Waals surface area contributed by atoms with Crippen LogP contribution in [0.1, 0.15) is 6.42 Å². The van der Waals surface area contributed by atoms with Crippen LogP contribution in [-0.4, -0.2) is 46.4 Å². The van der Waals surface area contributed by atoms with Crippen molar-refractivity contribution in [2.45, 2.75) is 18.6 Å². The normalized spacial score (nSPS) is 22.6. The van der Waals surface area contributed by atoms with Gasteiger partial charge in [-0.1, -0.05) is 0 Å². The van der Waals surface area contributed by atoms with E-state index in [1.54, 1.807) is 29.0 Å². The number of fused-ring (bicyclic) bond motifs is 1. The van der Waals surface area contributed by atoms with E-state index in [4.69, 9.17) is 9.47 Å². The van der Waals surface area contributed by atoms with Crippen molar-refractivity contribution in [1.82, 2.24) is 19.9 Å². The molecule has 0 spiro atoms. The van der Waals surface area contributed by atoms with Gasteiger partial charge in [-0.2, -0.15) is 10.1 Å².